The molecule has 4 aromatic rings. The third kappa shape index (κ3) is 5.76. The number of hydrogen-bond acceptors (Lipinski definition) is 3. The van der Waals surface area contributed by atoms with Gasteiger partial charge in [-0.1, -0.05) is 72.8 Å². The van der Waals surface area contributed by atoms with Crippen LogP contribution >= 0.6 is 0 Å². The maximum absolute atomic E-state index is 13.1. The molecule has 1 N–H and O–H groups in total. The molecule has 0 aliphatic heterocycles. The number of esters is 1. The highest BCUT2D eigenvalue weighted by Crippen LogP contribution is 2.32. The van der Waals surface area contributed by atoms with Crippen molar-refractivity contribution in [2.24, 2.45) is 0 Å². The lowest BCUT2D eigenvalue weighted by Crippen LogP contribution is -2.16. The fourth-order valence-corrected chi connectivity index (χ4v) is 3.53. The Balaban J connectivity index is 1.55. The molecule has 0 radical (unpaired) electrons. The van der Waals surface area contributed by atoms with Crippen LogP contribution in [0.25, 0.3) is 11.1 Å². The maximum Gasteiger partial charge on any atom is 0.416 e. The fourth-order valence-electron chi connectivity index (χ4n) is 3.53. The fraction of sp³-hybridized carbons (Fsp3) is 0.0714. The second kappa shape index (κ2) is 10.3. The van der Waals surface area contributed by atoms with Crippen molar-refractivity contribution in [1.82, 2.24) is 0 Å². The summed E-state index contributed by atoms with van der Waals surface area (Å²) >= 11 is 0. The number of benzene rings is 4. The molecule has 0 fully saturated rings. The van der Waals surface area contributed by atoms with Crippen LogP contribution < -0.4 is 5.32 Å². The first-order chi connectivity index (χ1) is 16.8. The zero-order chi connectivity index (χ0) is 24.8. The first-order valence-electron chi connectivity index (χ1n) is 10.7. The lowest BCUT2D eigenvalue weighted by Gasteiger charge is -2.14. The molecule has 176 valence electrons. The second-order valence-electron chi connectivity index (χ2n) is 7.68. The van der Waals surface area contributed by atoms with E-state index in [-0.39, 0.29) is 23.4 Å². The summed E-state index contributed by atoms with van der Waals surface area (Å²) in [7, 11) is 0. The summed E-state index contributed by atoms with van der Waals surface area (Å²) in [5.41, 5.74) is 1.67. The van der Waals surface area contributed by atoms with Gasteiger partial charge in [0.25, 0.3) is 5.91 Å². The highest BCUT2D eigenvalue weighted by molar-refractivity contribution is 6.11. The minimum Gasteiger partial charge on any atom is -0.457 e. The van der Waals surface area contributed by atoms with E-state index in [0.717, 1.165) is 17.7 Å². The van der Waals surface area contributed by atoms with E-state index >= 15 is 0 Å². The monoisotopic (exact) mass is 475 g/mol. The lowest BCUT2D eigenvalue weighted by molar-refractivity contribution is -0.137. The Morgan fingerprint density at radius 3 is 2.00 bits per heavy atom. The van der Waals surface area contributed by atoms with Crippen LogP contribution in [0, 0.1) is 0 Å². The standard InChI is InChI=1S/C28H20F3NO3/c29-28(30,31)21-16-14-20(15-17-21)22-10-4-5-11-23(22)26(33)32-25-13-7-6-12-24(25)27(34)35-18-19-8-2-1-3-9-19/h1-17H,18H2,(H,32,33). The van der Waals surface area contributed by atoms with Crippen LogP contribution in [0.1, 0.15) is 31.8 Å². The molecule has 0 saturated carbocycles. The van der Waals surface area contributed by atoms with Gasteiger partial charge in [0.05, 0.1) is 16.8 Å². The normalized spacial score (nSPS) is 11.1. The van der Waals surface area contributed by atoms with Gasteiger partial charge in [0.15, 0.2) is 0 Å². The Morgan fingerprint density at radius 1 is 0.714 bits per heavy atom. The molecule has 4 aromatic carbocycles. The molecule has 0 bridgehead atoms. The zero-order valence-electron chi connectivity index (χ0n) is 18.4. The SMILES string of the molecule is O=C(OCc1ccccc1)c1ccccc1NC(=O)c1ccccc1-c1ccc(C(F)(F)F)cc1. The molecular weight excluding hydrogens is 455 g/mol. The smallest absolute Gasteiger partial charge is 0.416 e. The van der Waals surface area contributed by atoms with Crippen LogP contribution in [0.5, 0.6) is 0 Å². The summed E-state index contributed by atoms with van der Waals surface area (Å²) in [4.78, 5) is 25.8. The van der Waals surface area contributed by atoms with Crippen molar-refractivity contribution >= 4 is 17.6 Å². The van der Waals surface area contributed by atoms with Gasteiger partial charge in [-0.05, 0) is 47.0 Å². The number of para-hydroxylation sites is 1. The van der Waals surface area contributed by atoms with Crippen LogP contribution in [0.2, 0.25) is 0 Å². The minimum absolute atomic E-state index is 0.0821. The van der Waals surface area contributed by atoms with E-state index < -0.39 is 23.6 Å². The number of hydrogen-bond donors (Lipinski definition) is 1. The first-order valence-corrected chi connectivity index (χ1v) is 10.7. The number of rotatable bonds is 6. The Kier molecular flexibility index (Phi) is 6.96. The highest BCUT2D eigenvalue weighted by atomic mass is 19.4. The number of carbonyl (C=O) groups is 2. The number of halogens is 3. The molecule has 0 spiro atoms. The molecule has 7 heteroatoms. The van der Waals surface area contributed by atoms with Crippen LogP contribution in [0.4, 0.5) is 18.9 Å². The Hall–Kier alpha value is -4.39. The summed E-state index contributed by atoms with van der Waals surface area (Å²) in [5.74, 6) is -1.11. The van der Waals surface area contributed by atoms with Crippen molar-refractivity contribution in [2.45, 2.75) is 12.8 Å². The molecule has 0 aliphatic rings. The number of carbonyl (C=O) groups excluding carboxylic acids is 2. The third-order valence-corrected chi connectivity index (χ3v) is 5.30. The number of alkyl halides is 3. The number of anilines is 1. The van der Waals surface area contributed by atoms with Crippen LogP contribution in [0.15, 0.2) is 103 Å². The highest BCUT2D eigenvalue weighted by Gasteiger charge is 2.30. The predicted octanol–water partition coefficient (Wildman–Crippen LogP) is 6.98. The minimum atomic E-state index is -4.45. The number of amides is 1. The summed E-state index contributed by atoms with van der Waals surface area (Å²) in [6.07, 6.45) is -4.45. The molecule has 0 atom stereocenters. The molecule has 0 heterocycles. The van der Waals surface area contributed by atoms with Crippen molar-refractivity contribution in [3.8, 4) is 11.1 Å². The number of ether oxygens (including phenoxy) is 1. The number of nitrogens with one attached hydrogen (secondary N) is 1. The van der Waals surface area contributed by atoms with E-state index in [9.17, 15) is 22.8 Å². The van der Waals surface area contributed by atoms with Gasteiger partial charge >= 0.3 is 12.1 Å². The zero-order valence-corrected chi connectivity index (χ0v) is 18.4. The molecular formula is C28H20F3NO3. The Labute approximate surface area is 200 Å². The molecule has 0 aromatic heterocycles. The van der Waals surface area contributed by atoms with Gasteiger partial charge < -0.3 is 10.1 Å². The van der Waals surface area contributed by atoms with Gasteiger partial charge in [-0.15, -0.1) is 0 Å². The average Bonchev–Trinajstić information content (AvgIpc) is 2.88. The molecule has 1 amide bonds. The first kappa shape index (κ1) is 23.8. The van der Waals surface area contributed by atoms with Crippen molar-refractivity contribution in [3.05, 3.63) is 125 Å². The lowest BCUT2D eigenvalue weighted by atomic mass is 9.98. The van der Waals surface area contributed by atoms with Crippen LogP contribution in [-0.2, 0) is 17.5 Å². The molecule has 0 aliphatic carbocycles. The average molecular weight is 475 g/mol. The van der Waals surface area contributed by atoms with Crippen molar-refractivity contribution in [1.29, 1.82) is 0 Å². The Morgan fingerprint density at radius 2 is 1.31 bits per heavy atom. The topological polar surface area (TPSA) is 55.4 Å². The van der Waals surface area contributed by atoms with Crippen LogP contribution in [0.3, 0.4) is 0 Å². The van der Waals surface area contributed by atoms with E-state index in [1.54, 1.807) is 48.5 Å². The molecule has 4 nitrogen and oxygen atoms in total. The summed E-state index contributed by atoms with van der Waals surface area (Å²) in [6, 6.07) is 26.8. The van der Waals surface area contributed by atoms with E-state index in [0.29, 0.717) is 11.1 Å². The van der Waals surface area contributed by atoms with Gasteiger partial charge in [-0.2, -0.15) is 13.2 Å². The molecule has 35 heavy (non-hydrogen) atoms. The van der Waals surface area contributed by atoms with Crippen molar-refractivity contribution < 1.29 is 27.5 Å². The quantitative estimate of drug-likeness (QED) is 0.306. The predicted molar refractivity (Wildman–Crippen MR) is 127 cm³/mol. The molecule has 0 unspecified atom stereocenters. The van der Waals surface area contributed by atoms with Crippen molar-refractivity contribution in [3.63, 3.8) is 0 Å². The second-order valence-corrected chi connectivity index (χ2v) is 7.68. The molecule has 0 saturated heterocycles. The third-order valence-electron chi connectivity index (χ3n) is 5.30. The van der Waals surface area contributed by atoms with E-state index in [1.165, 1.54) is 12.1 Å². The van der Waals surface area contributed by atoms with Gasteiger partial charge in [0.2, 0.25) is 0 Å². The maximum atomic E-state index is 13.1. The summed E-state index contributed by atoms with van der Waals surface area (Å²) < 4.78 is 44.2. The van der Waals surface area contributed by atoms with Gasteiger partial charge in [0.1, 0.15) is 6.61 Å². The Bertz CT molecular complexity index is 1330. The van der Waals surface area contributed by atoms with Crippen LogP contribution in [-0.4, -0.2) is 11.9 Å². The van der Waals surface area contributed by atoms with Gasteiger partial charge in [-0.25, -0.2) is 4.79 Å². The summed E-state index contributed by atoms with van der Waals surface area (Å²) in [5, 5.41) is 2.73. The van der Waals surface area contributed by atoms with E-state index in [2.05, 4.69) is 5.32 Å². The summed E-state index contributed by atoms with van der Waals surface area (Å²) in [6.45, 7) is 0.0821. The van der Waals surface area contributed by atoms with E-state index in [4.69, 9.17) is 4.74 Å². The molecule has 4 rings (SSSR count). The van der Waals surface area contributed by atoms with E-state index in [1.807, 2.05) is 30.3 Å². The van der Waals surface area contributed by atoms with Gasteiger partial charge in [0, 0.05) is 5.56 Å². The van der Waals surface area contributed by atoms with Gasteiger partial charge in [-0.3, -0.25) is 4.79 Å². The largest absolute Gasteiger partial charge is 0.457 e. The van der Waals surface area contributed by atoms with Crippen molar-refractivity contribution in [2.75, 3.05) is 5.32 Å².